The van der Waals surface area contributed by atoms with Crippen molar-refractivity contribution in [3.63, 3.8) is 0 Å². The summed E-state index contributed by atoms with van der Waals surface area (Å²) < 4.78 is 21.5. The Balaban J connectivity index is 4.35. The van der Waals surface area contributed by atoms with Crippen molar-refractivity contribution >= 4 is 17.7 Å². The van der Waals surface area contributed by atoms with Gasteiger partial charge in [0.15, 0.2) is 0 Å². The van der Waals surface area contributed by atoms with E-state index < -0.39 is 16.9 Å². The van der Waals surface area contributed by atoms with Crippen LogP contribution in [0, 0.1) is 0 Å². The molecule has 0 fully saturated rings. The number of carbonyl (C=O) groups excluding carboxylic acids is 1. The van der Waals surface area contributed by atoms with Gasteiger partial charge in [0.2, 0.25) is 6.41 Å². The van der Waals surface area contributed by atoms with Gasteiger partial charge in [-0.1, -0.05) is 0 Å². The molecule has 0 rings (SSSR count). The lowest BCUT2D eigenvalue weighted by atomic mass is 10.2. The Labute approximate surface area is 79.8 Å². The maximum absolute atomic E-state index is 10.4. The van der Waals surface area contributed by atoms with E-state index in [9.17, 15) is 13.6 Å². The Bertz CT molecular complexity index is 203. The summed E-state index contributed by atoms with van der Waals surface area (Å²) in [6.45, 7) is 5.10. The summed E-state index contributed by atoms with van der Waals surface area (Å²) in [5, 5.41) is 0.614. The Morgan fingerprint density at radius 1 is 1.46 bits per heavy atom. The number of hydrazine groups is 1. The van der Waals surface area contributed by atoms with Gasteiger partial charge in [0.1, 0.15) is 0 Å². The van der Waals surface area contributed by atoms with E-state index in [1.165, 1.54) is 7.05 Å². The van der Waals surface area contributed by atoms with Crippen molar-refractivity contribution in [1.29, 1.82) is 0 Å². The van der Waals surface area contributed by atoms with Gasteiger partial charge in [0.05, 0.1) is 5.60 Å². The van der Waals surface area contributed by atoms with Gasteiger partial charge in [-0.15, -0.1) is 9.59 Å². The van der Waals surface area contributed by atoms with Gasteiger partial charge in [0.25, 0.3) is 0 Å². The van der Waals surface area contributed by atoms with Crippen molar-refractivity contribution < 1.29 is 18.4 Å². The number of hydroxylamine groups is 1. The van der Waals surface area contributed by atoms with Gasteiger partial charge < -0.3 is 4.55 Å². The number of hydrogen-bond donors (Lipinski definition) is 0. The van der Waals surface area contributed by atoms with Crippen LogP contribution in [0.3, 0.4) is 0 Å². The molecule has 0 heterocycles. The molecule has 78 valence electrons. The molecule has 0 aliphatic carbocycles. The zero-order valence-electron chi connectivity index (χ0n) is 8.01. The fraction of sp³-hybridized carbons (Fsp3) is 0.833. The minimum absolute atomic E-state index is 0.279. The molecule has 1 amide bonds. The zero-order chi connectivity index (χ0) is 10.6. The van der Waals surface area contributed by atoms with Crippen LogP contribution in [0.4, 0.5) is 0 Å². The number of nitrogens with zero attached hydrogens (tertiary/aromatic N) is 2. The van der Waals surface area contributed by atoms with Crippen molar-refractivity contribution in [3.05, 3.63) is 0 Å². The third-order valence-electron chi connectivity index (χ3n) is 0.951. The highest BCUT2D eigenvalue weighted by atomic mass is 32.2. The number of hydrogen-bond acceptors (Lipinski definition) is 4. The highest BCUT2D eigenvalue weighted by Crippen LogP contribution is 2.10. The summed E-state index contributed by atoms with van der Waals surface area (Å²) in [7, 11) is 1.20. The molecule has 13 heavy (non-hydrogen) atoms. The summed E-state index contributed by atoms with van der Waals surface area (Å²) in [6, 6.07) is 0. The van der Waals surface area contributed by atoms with Crippen LogP contribution in [-0.4, -0.2) is 37.4 Å². The van der Waals surface area contributed by atoms with E-state index in [1.807, 2.05) is 0 Å². The molecule has 1 atom stereocenters. The Hall–Kier alpha value is -0.500. The predicted octanol–water partition coefficient (Wildman–Crippen LogP) is -0.184. The van der Waals surface area contributed by atoms with Gasteiger partial charge in [-0.05, 0) is 20.8 Å². The molecule has 0 aromatic carbocycles. The maximum atomic E-state index is 10.4. The van der Waals surface area contributed by atoms with E-state index in [0.717, 1.165) is 0 Å². The van der Waals surface area contributed by atoms with Gasteiger partial charge in [-0.25, -0.2) is 4.84 Å². The molecule has 0 saturated carbocycles. The molecule has 0 saturated heterocycles. The zero-order valence-corrected chi connectivity index (χ0v) is 8.83. The Morgan fingerprint density at radius 3 is 2.15 bits per heavy atom. The normalized spacial score (nSPS) is 14.3. The lowest BCUT2D eigenvalue weighted by Crippen LogP contribution is -2.44. The minimum atomic E-state index is -2.52. The van der Waals surface area contributed by atoms with Crippen LogP contribution in [0.1, 0.15) is 20.8 Å². The SMILES string of the molecule is CN(N(C=O)OC(C)(C)C)S(=O)[O-]. The van der Waals surface area contributed by atoms with E-state index in [0.29, 0.717) is 9.59 Å². The van der Waals surface area contributed by atoms with Gasteiger partial charge in [0, 0.05) is 18.3 Å². The second kappa shape index (κ2) is 4.66. The first-order valence-electron chi connectivity index (χ1n) is 3.54. The van der Waals surface area contributed by atoms with Crippen LogP contribution in [-0.2, 0) is 20.9 Å². The molecule has 0 aliphatic rings. The average Bonchev–Trinajstić information content (AvgIpc) is 1.97. The molecule has 0 aromatic rings. The van der Waals surface area contributed by atoms with Crippen LogP contribution in [0.25, 0.3) is 0 Å². The second-order valence-electron chi connectivity index (χ2n) is 3.29. The fourth-order valence-electron chi connectivity index (χ4n) is 0.492. The Kier molecular flexibility index (Phi) is 4.48. The molecule has 1 unspecified atom stereocenters. The fourth-order valence-corrected chi connectivity index (χ4v) is 0.695. The molecule has 0 aromatic heterocycles. The number of amides is 1. The maximum Gasteiger partial charge on any atom is 0.250 e. The van der Waals surface area contributed by atoms with Crippen LogP contribution in [0.5, 0.6) is 0 Å². The topological polar surface area (TPSA) is 72.9 Å². The van der Waals surface area contributed by atoms with Gasteiger partial charge in [-0.3, -0.25) is 9.00 Å². The minimum Gasteiger partial charge on any atom is -0.758 e. The first kappa shape index (κ1) is 12.5. The molecule has 0 bridgehead atoms. The second-order valence-corrected chi connectivity index (χ2v) is 4.26. The summed E-state index contributed by atoms with van der Waals surface area (Å²) in [4.78, 5) is 15.4. The third kappa shape index (κ3) is 4.94. The van der Waals surface area contributed by atoms with Crippen LogP contribution in [0.2, 0.25) is 0 Å². The molecule has 0 aliphatic heterocycles. The standard InChI is InChI=1S/C6H14N2O4S/c1-6(2,3)12-8(5-9)7(4)13(10)11/h5H,1-4H3,(H,10,11)/p-1. The molecule has 0 spiro atoms. The lowest BCUT2D eigenvalue weighted by Gasteiger charge is -2.32. The highest BCUT2D eigenvalue weighted by molar-refractivity contribution is 7.76. The summed E-state index contributed by atoms with van der Waals surface area (Å²) in [5.74, 6) is 0. The highest BCUT2D eigenvalue weighted by Gasteiger charge is 2.19. The largest absolute Gasteiger partial charge is 0.758 e. The molecular weight excluding hydrogens is 196 g/mol. The van der Waals surface area contributed by atoms with Crippen molar-refractivity contribution in [2.75, 3.05) is 7.05 Å². The van der Waals surface area contributed by atoms with Crippen molar-refractivity contribution in [2.24, 2.45) is 0 Å². The lowest BCUT2D eigenvalue weighted by molar-refractivity contribution is -0.269. The van der Waals surface area contributed by atoms with E-state index in [1.54, 1.807) is 20.8 Å². The number of rotatable bonds is 4. The van der Waals surface area contributed by atoms with Crippen molar-refractivity contribution in [2.45, 2.75) is 26.4 Å². The van der Waals surface area contributed by atoms with Crippen LogP contribution < -0.4 is 0 Å². The monoisotopic (exact) mass is 209 g/mol. The molecular formula is C6H13N2O4S-. The van der Waals surface area contributed by atoms with Gasteiger partial charge >= 0.3 is 0 Å². The molecule has 0 radical (unpaired) electrons. The van der Waals surface area contributed by atoms with E-state index in [-0.39, 0.29) is 6.41 Å². The van der Waals surface area contributed by atoms with E-state index >= 15 is 0 Å². The third-order valence-corrected chi connectivity index (χ3v) is 1.54. The molecule has 0 N–H and O–H groups in total. The summed E-state index contributed by atoms with van der Waals surface area (Å²) in [5.41, 5.74) is -0.630. The molecule has 7 heteroatoms. The predicted molar refractivity (Wildman–Crippen MR) is 45.4 cm³/mol. The first-order chi connectivity index (χ1) is 5.78. The van der Waals surface area contributed by atoms with E-state index in [4.69, 9.17) is 4.84 Å². The summed E-state index contributed by atoms with van der Waals surface area (Å²) in [6.07, 6.45) is 0.279. The quantitative estimate of drug-likeness (QED) is 0.365. The Morgan fingerprint density at radius 2 is 1.92 bits per heavy atom. The summed E-state index contributed by atoms with van der Waals surface area (Å²) >= 11 is -2.52. The molecule has 6 nitrogen and oxygen atoms in total. The van der Waals surface area contributed by atoms with Crippen LogP contribution in [0.15, 0.2) is 0 Å². The van der Waals surface area contributed by atoms with Crippen molar-refractivity contribution in [1.82, 2.24) is 9.59 Å². The van der Waals surface area contributed by atoms with Gasteiger partial charge in [-0.2, -0.15) is 0 Å². The van der Waals surface area contributed by atoms with E-state index in [2.05, 4.69) is 0 Å². The number of carbonyl (C=O) groups is 1. The van der Waals surface area contributed by atoms with Crippen LogP contribution >= 0.6 is 0 Å². The smallest absolute Gasteiger partial charge is 0.250 e. The first-order valence-corrected chi connectivity index (χ1v) is 4.58. The van der Waals surface area contributed by atoms with Crippen molar-refractivity contribution in [3.8, 4) is 0 Å². The average molecular weight is 209 g/mol.